The van der Waals surface area contributed by atoms with Gasteiger partial charge in [0.15, 0.2) is 0 Å². The molecule has 2 rings (SSSR count). The summed E-state index contributed by atoms with van der Waals surface area (Å²) in [6.45, 7) is 1.72. The van der Waals surface area contributed by atoms with Gasteiger partial charge in [-0.15, -0.1) is 0 Å². The molecule has 0 aromatic heterocycles. The molecule has 0 bridgehead atoms. The van der Waals surface area contributed by atoms with Crippen LogP contribution in [0.3, 0.4) is 0 Å². The van der Waals surface area contributed by atoms with Gasteiger partial charge in [-0.1, -0.05) is 12.1 Å². The van der Waals surface area contributed by atoms with Gasteiger partial charge in [0, 0.05) is 0 Å². The van der Waals surface area contributed by atoms with Crippen LogP contribution in [0.15, 0.2) is 18.2 Å². The van der Waals surface area contributed by atoms with Crippen molar-refractivity contribution in [1.82, 2.24) is 5.32 Å². The Bertz CT molecular complexity index is 399. The van der Waals surface area contributed by atoms with Crippen LogP contribution in [0.25, 0.3) is 0 Å². The Morgan fingerprint density at radius 1 is 1.35 bits per heavy atom. The third-order valence-electron chi connectivity index (χ3n) is 2.98. The Morgan fingerprint density at radius 3 is 2.53 bits per heavy atom. The number of hydrogen-bond donors (Lipinski definition) is 1. The zero-order valence-electron chi connectivity index (χ0n) is 9.47. The summed E-state index contributed by atoms with van der Waals surface area (Å²) in [6, 6.07) is 4.19. The van der Waals surface area contributed by atoms with Crippen molar-refractivity contribution in [3.63, 3.8) is 0 Å². The summed E-state index contributed by atoms with van der Waals surface area (Å²) in [5.41, 5.74) is -0.0568. The smallest absolute Gasteiger partial charge is 0.419 e. The summed E-state index contributed by atoms with van der Waals surface area (Å²) in [6.07, 6.45) is -3.74. The predicted molar refractivity (Wildman–Crippen MR) is 58.1 cm³/mol. The third kappa shape index (κ3) is 2.54. The van der Waals surface area contributed by atoms with E-state index < -0.39 is 11.7 Å². The molecule has 0 spiro atoms. The zero-order valence-corrected chi connectivity index (χ0v) is 9.47. The number of benzene rings is 1. The van der Waals surface area contributed by atoms with E-state index in [1.54, 1.807) is 6.07 Å². The molecule has 17 heavy (non-hydrogen) atoms. The second-order valence-corrected chi connectivity index (χ2v) is 4.22. The number of para-hydroxylation sites is 1. The molecular weight excluding hydrogens is 231 g/mol. The Hall–Kier alpha value is -1.23. The van der Waals surface area contributed by atoms with Gasteiger partial charge in [0.25, 0.3) is 0 Å². The highest BCUT2D eigenvalue weighted by Gasteiger charge is 2.35. The number of alkyl halides is 3. The number of rotatable bonds is 3. The molecule has 0 aliphatic carbocycles. The summed E-state index contributed by atoms with van der Waals surface area (Å²) in [5.74, 6) is 0.374. The van der Waals surface area contributed by atoms with E-state index in [0.29, 0.717) is 17.9 Å². The minimum atomic E-state index is -4.36. The van der Waals surface area contributed by atoms with Crippen LogP contribution in [0.4, 0.5) is 13.2 Å². The Balaban J connectivity index is 2.31. The van der Waals surface area contributed by atoms with Crippen molar-refractivity contribution < 1.29 is 17.9 Å². The fourth-order valence-corrected chi connectivity index (χ4v) is 2.01. The van der Waals surface area contributed by atoms with E-state index in [-0.39, 0.29) is 5.75 Å². The topological polar surface area (TPSA) is 21.3 Å². The molecule has 0 radical (unpaired) electrons. The average molecular weight is 245 g/mol. The third-order valence-corrected chi connectivity index (χ3v) is 2.98. The van der Waals surface area contributed by atoms with Gasteiger partial charge in [-0.3, -0.25) is 0 Å². The number of nitrogens with one attached hydrogen (secondary N) is 1. The lowest BCUT2D eigenvalue weighted by Crippen LogP contribution is -2.43. The van der Waals surface area contributed by atoms with E-state index in [0.717, 1.165) is 19.2 Å². The predicted octanol–water partition coefficient (Wildman–Crippen LogP) is 2.48. The molecule has 2 nitrogen and oxygen atoms in total. The minimum absolute atomic E-state index is 0.0353. The van der Waals surface area contributed by atoms with Crippen LogP contribution in [0.1, 0.15) is 11.1 Å². The molecule has 94 valence electrons. The summed E-state index contributed by atoms with van der Waals surface area (Å²) in [5, 5.41) is 3.10. The quantitative estimate of drug-likeness (QED) is 0.883. The standard InChI is InChI=1S/C12H14F3NO/c1-17-11-9(5-8-6-16-7-8)3-2-4-10(11)12(13,14)15/h2-4,8,16H,5-7H2,1H3. The fraction of sp³-hybridized carbons (Fsp3) is 0.500. The lowest BCUT2D eigenvalue weighted by atomic mass is 9.92. The van der Waals surface area contributed by atoms with Crippen molar-refractivity contribution in [2.45, 2.75) is 12.6 Å². The maximum Gasteiger partial charge on any atom is 0.419 e. The zero-order chi connectivity index (χ0) is 12.5. The maximum absolute atomic E-state index is 12.8. The molecule has 1 aromatic rings. The summed E-state index contributed by atoms with van der Waals surface area (Å²) in [7, 11) is 1.28. The van der Waals surface area contributed by atoms with Crippen LogP contribution in [-0.2, 0) is 12.6 Å². The van der Waals surface area contributed by atoms with Crippen molar-refractivity contribution >= 4 is 0 Å². The summed E-state index contributed by atoms with van der Waals surface area (Å²) in [4.78, 5) is 0. The Kier molecular flexibility index (Phi) is 3.28. The van der Waals surface area contributed by atoms with E-state index in [2.05, 4.69) is 5.32 Å². The highest BCUT2D eigenvalue weighted by Crippen LogP contribution is 2.38. The van der Waals surface area contributed by atoms with Crippen molar-refractivity contribution in [3.05, 3.63) is 29.3 Å². The number of hydrogen-bond acceptors (Lipinski definition) is 2. The Morgan fingerprint density at radius 2 is 2.06 bits per heavy atom. The monoisotopic (exact) mass is 245 g/mol. The molecule has 1 aliphatic rings. The van der Waals surface area contributed by atoms with E-state index in [9.17, 15) is 13.2 Å². The second kappa shape index (κ2) is 4.56. The first-order valence-electron chi connectivity index (χ1n) is 5.46. The fourth-order valence-electron chi connectivity index (χ4n) is 2.01. The summed E-state index contributed by atoms with van der Waals surface area (Å²) >= 11 is 0. The molecule has 1 N–H and O–H groups in total. The van der Waals surface area contributed by atoms with E-state index in [1.807, 2.05) is 0 Å². The van der Waals surface area contributed by atoms with Crippen LogP contribution in [0, 0.1) is 5.92 Å². The molecule has 1 aromatic carbocycles. The SMILES string of the molecule is COc1c(CC2CNC2)cccc1C(F)(F)F. The van der Waals surface area contributed by atoms with Crippen LogP contribution in [0.2, 0.25) is 0 Å². The molecule has 1 heterocycles. The first-order chi connectivity index (χ1) is 8.02. The van der Waals surface area contributed by atoms with Crippen molar-refractivity contribution in [2.75, 3.05) is 20.2 Å². The first-order valence-corrected chi connectivity index (χ1v) is 5.46. The van der Waals surface area contributed by atoms with Gasteiger partial charge in [-0.05, 0) is 37.1 Å². The molecule has 1 aliphatic heterocycles. The van der Waals surface area contributed by atoms with Gasteiger partial charge in [-0.2, -0.15) is 13.2 Å². The van der Waals surface area contributed by atoms with Gasteiger partial charge >= 0.3 is 6.18 Å². The number of halogens is 3. The lowest BCUT2D eigenvalue weighted by molar-refractivity contribution is -0.138. The van der Waals surface area contributed by atoms with Gasteiger partial charge in [-0.25, -0.2) is 0 Å². The van der Waals surface area contributed by atoms with Gasteiger partial charge < -0.3 is 10.1 Å². The Labute approximate surface area is 97.8 Å². The van der Waals surface area contributed by atoms with Crippen molar-refractivity contribution in [1.29, 1.82) is 0 Å². The van der Waals surface area contributed by atoms with Gasteiger partial charge in [0.05, 0.1) is 12.7 Å². The lowest BCUT2D eigenvalue weighted by Gasteiger charge is -2.28. The molecule has 0 unspecified atom stereocenters. The van der Waals surface area contributed by atoms with Crippen LogP contribution >= 0.6 is 0 Å². The largest absolute Gasteiger partial charge is 0.496 e. The highest BCUT2D eigenvalue weighted by molar-refractivity contribution is 5.43. The normalized spacial score (nSPS) is 16.7. The minimum Gasteiger partial charge on any atom is -0.496 e. The van der Waals surface area contributed by atoms with E-state index in [1.165, 1.54) is 13.2 Å². The number of ether oxygens (including phenoxy) is 1. The van der Waals surface area contributed by atoms with Gasteiger partial charge in [0.2, 0.25) is 0 Å². The molecule has 0 saturated carbocycles. The van der Waals surface area contributed by atoms with Crippen molar-refractivity contribution in [3.8, 4) is 5.75 Å². The van der Waals surface area contributed by atoms with E-state index in [4.69, 9.17) is 4.74 Å². The first kappa shape index (κ1) is 12.2. The molecule has 5 heteroatoms. The highest BCUT2D eigenvalue weighted by atomic mass is 19.4. The number of methoxy groups -OCH3 is 1. The van der Waals surface area contributed by atoms with Crippen LogP contribution in [0.5, 0.6) is 5.75 Å². The molecular formula is C12H14F3NO. The van der Waals surface area contributed by atoms with Crippen LogP contribution < -0.4 is 10.1 Å². The van der Waals surface area contributed by atoms with Crippen molar-refractivity contribution in [2.24, 2.45) is 5.92 Å². The van der Waals surface area contributed by atoms with Gasteiger partial charge in [0.1, 0.15) is 5.75 Å². The summed E-state index contributed by atoms with van der Waals surface area (Å²) < 4.78 is 43.2. The maximum atomic E-state index is 12.8. The molecule has 1 saturated heterocycles. The van der Waals surface area contributed by atoms with E-state index >= 15 is 0 Å². The average Bonchev–Trinajstić information content (AvgIpc) is 2.21. The van der Waals surface area contributed by atoms with Crippen LogP contribution in [-0.4, -0.2) is 20.2 Å². The molecule has 0 amide bonds. The molecule has 1 fully saturated rings. The second-order valence-electron chi connectivity index (χ2n) is 4.22. The molecule has 0 atom stereocenters.